The van der Waals surface area contributed by atoms with Gasteiger partial charge in [-0.15, -0.1) is 0 Å². The lowest BCUT2D eigenvalue weighted by molar-refractivity contribution is -0.114. The number of carbonyl (C=O) groups excluding carboxylic acids is 1. The molecule has 0 heterocycles. The van der Waals surface area contributed by atoms with E-state index in [0.717, 1.165) is 25.0 Å². The zero-order chi connectivity index (χ0) is 12.5. The Morgan fingerprint density at radius 3 is 2.59 bits per heavy atom. The van der Waals surface area contributed by atoms with Crippen LogP contribution in [0.15, 0.2) is 36.4 Å². The number of unbranched alkanes of at least 4 members (excludes halogenated alkanes) is 1. The van der Waals surface area contributed by atoms with Crippen LogP contribution in [0.2, 0.25) is 0 Å². The molecule has 0 spiro atoms. The smallest absolute Gasteiger partial charge is 0.155 e. The summed E-state index contributed by atoms with van der Waals surface area (Å²) in [6, 6.07) is 7.89. The highest BCUT2D eigenvalue weighted by atomic mass is 16.5. The molecule has 0 unspecified atom stereocenters. The summed E-state index contributed by atoms with van der Waals surface area (Å²) in [6.07, 6.45) is 7.13. The molecule has 0 aromatic heterocycles. The Balaban J connectivity index is 2.38. The Morgan fingerprint density at radius 1 is 1.29 bits per heavy atom. The second kappa shape index (κ2) is 7.66. The fourth-order valence-corrected chi connectivity index (χ4v) is 1.52. The third-order valence-corrected chi connectivity index (χ3v) is 2.59. The van der Waals surface area contributed by atoms with Gasteiger partial charge in [-0.1, -0.05) is 31.6 Å². The van der Waals surface area contributed by atoms with Crippen molar-refractivity contribution >= 4 is 5.78 Å². The minimum Gasteiger partial charge on any atom is -0.497 e. The average Bonchev–Trinajstić information content (AvgIpc) is 2.37. The summed E-state index contributed by atoms with van der Waals surface area (Å²) in [5.74, 6) is 1.08. The van der Waals surface area contributed by atoms with Crippen LogP contribution in [0, 0.1) is 0 Å². The van der Waals surface area contributed by atoms with Gasteiger partial charge in [0.25, 0.3) is 0 Å². The van der Waals surface area contributed by atoms with E-state index in [1.807, 2.05) is 30.3 Å². The second-order valence-electron chi connectivity index (χ2n) is 4.02. The zero-order valence-corrected chi connectivity index (χ0v) is 10.6. The van der Waals surface area contributed by atoms with E-state index >= 15 is 0 Å². The molecule has 1 aromatic carbocycles. The fourth-order valence-electron chi connectivity index (χ4n) is 1.52. The lowest BCUT2D eigenvalue weighted by Crippen LogP contribution is -1.92. The first-order valence-corrected chi connectivity index (χ1v) is 6.08. The molecule has 0 radical (unpaired) electrons. The van der Waals surface area contributed by atoms with Crippen LogP contribution in [0.4, 0.5) is 0 Å². The van der Waals surface area contributed by atoms with E-state index < -0.39 is 0 Å². The average molecular weight is 232 g/mol. The minimum absolute atomic E-state index is 0.223. The normalized spacial score (nSPS) is 10.7. The summed E-state index contributed by atoms with van der Waals surface area (Å²) in [4.78, 5) is 11.4. The first kappa shape index (κ1) is 13.5. The predicted molar refractivity (Wildman–Crippen MR) is 70.4 cm³/mol. The van der Waals surface area contributed by atoms with Gasteiger partial charge in [-0.25, -0.2) is 0 Å². The molecule has 0 aliphatic heterocycles. The first-order chi connectivity index (χ1) is 8.26. The third kappa shape index (κ3) is 5.34. The Kier molecular flexibility index (Phi) is 6.08. The van der Waals surface area contributed by atoms with Gasteiger partial charge in [0.1, 0.15) is 5.75 Å². The molecule has 0 atom stereocenters. The van der Waals surface area contributed by atoms with Crippen LogP contribution in [0.1, 0.15) is 31.7 Å². The maximum absolute atomic E-state index is 11.4. The molecule has 0 N–H and O–H groups in total. The second-order valence-corrected chi connectivity index (χ2v) is 4.02. The van der Waals surface area contributed by atoms with Crippen molar-refractivity contribution in [2.24, 2.45) is 0 Å². The molecule has 0 aliphatic rings. The topological polar surface area (TPSA) is 26.3 Å². The third-order valence-electron chi connectivity index (χ3n) is 2.59. The molecule has 0 aliphatic carbocycles. The van der Waals surface area contributed by atoms with Crippen LogP contribution < -0.4 is 4.74 Å². The summed E-state index contributed by atoms with van der Waals surface area (Å²) in [6.45, 7) is 2.09. The van der Waals surface area contributed by atoms with Gasteiger partial charge in [0.2, 0.25) is 0 Å². The molecule has 0 amide bonds. The van der Waals surface area contributed by atoms with Gasteiger partial charge in [0.15, 0.2) is 5.78 Å². The maximum atomic E-state index is 11.4. The van der Waals surface area contributed by atoms with Crippen molar-refractivity contribution in [3.8, 4) is 5.75 Å². The van der Waals surface area contributed by atoms with Gasteiger partial charge in [0.05, 0.1) is 7.11 Å². The zero-order valence-electron chi connectivity index (χ0n) is 10.6. The number of methoxy groups -OCH3 is 1. The van der Waals surface area contributed by atoms with Gasteiger partial charge < -0.3 is 4.74 Å². The number of rotatable bonds is 7. The molecule has 2 nitrogen and oxygen atoms in total. The lowest BCUT2D eigenvalue weighted by atomic mass is 10.1. The highest BCUT2D eigenvalue weighted by molar-refractivity contribution is 5.89. The standard InChI is InChI=1S/C15H20O2/c1-3-4-7-14(16)8-5-6-13-9-11-15(17-2)12-10-13/h5,8-12H,3-4,6-7H2,1-2H3/b8-5+. The van der Waals surface area contributed by atoms with Crippen LogP contribution in [0.5, 0.6) is 5.75 Å². The quantitative estimate of drug-likeness (QED) is 0.672. The van der Waals surface area contributed by atoms with Gasteiger partial charge in [-0.2, -0.15) is 0 Å². The molecule has 92 valence electrons. The lowest BCUT2D eigenvalue weighted by Gasteiger charge is -2.00. The van der Waals surface area contributed by atoms with Crippen molar-refractivity contribution in [3.63, 3.8) is 0 Å². The molecular weight excluding hydrogens is 212 g/mol. The molecule has 0 fully saturated rings. The summed E-state index contributed by atoms with van der Waals surface area (Å²) in [5.41, 5.74) is 1.19. The molecule has 17 heavy (non-hydrogen) atoms. The summed E-state index contributed by atoms with van der Waals surface area (Å²) in [5, 5.41) is 0. The largest absolute Gasteiger partial charge is 0.497 e. The number of hydrogen-bond donors (Lipinski definition) is 0. The van der Waals surface area contributed by atoms with Crippen molar-refractivity contribution in [1.82, 2.24) is 0 Å². The molecule has 0 bridgehead atoms. The summed E-state index contributed by atoms with van der Waals surface area (Å²) in [7, 11) is 1.65. The summed E-state index contributed by atoms with van der Waals surface area (Å²) < 4.78 is 5.08. The van der Waals surface area contributed by atoms with Gasteiger partial charge in [-0.05, 0) is 36.6 Å². The first-order valence-electron chi connectivity index (χ1n) is 6.08. The van der Waals surface area contributed by atoms with Crippen molar-refractivity contribution in [3.05, 3.63) is 42.0 Å². The number of hydrogen-bond acceptors (Lipinski definition) is 2. The molecule has 0 saturated carbocycles. The van der Waals surface area contributed by atoms with Gasteiger partial charge >= 0.3 is 0 Å². The summed E-state index contributed by atoms with van der Waals surface area (Å²) >= 11 is 0. The number of benzene rings is 1. The fraction of sp³-hybridized carbons (Fsp3) is 0.400. The van der Waals surface area contributed by atoms with Crippen LogP contribution >= 0.6 is 0 Å². The van der Waals surface area contributed by atoms with Crippen molar-refractivity contribution in [2.75, 3.05) is 7.11 Å². The molecule has 1 rings (SSSR count). The van der Waals surface area contributed by atoms with Crippen molar-refractivity contribution < 1.29 is 9.53 Å². The molecule has 1 aromatic rings. The number of ketones is 1. The van der Waals surface area contributed by atoms with Gasteiger partial charge in [0, 0.05) is 6.42 Å². The van der Waals surface area contributed by atoms with E-state index in [1.165, 1.54) is 5.56 Å². The van der Waals surface area contributed by atoms with Crippen LogP contribution in [-0.2, 0) is 11.2 Å². The number of allylic oxidation sites excluding steroid dienone is 2. The monoisotopic (exact) mass is 232 g/mol. The van der Waals surface area contributed by atoms with Gasteiger partial charge in [-0.3, -0.25) is 4.79 Å². The van der Waals surface area contributed by atoms with E-state index in [1.54, 1.807) is 13.2 Å². The minimum atomic E-state index is 0.223. The van der Waals surface area contributed by atoms with Crippen LogP contribution in [0.25, 0.3) is 0 Å². The van der Waals surface area contributed by atoms with Crippen molar-refractivity contribution in [1.29, 1.82) is 0 Å². The number of ether oxygens (including phenoxy) is 1. The van der Waals surface area contributed by atoms with E-state index in [2.05, 4.69) is 6.92 Å². The predicted octanol–water partition coefficient (Wildman–Crippen LogP) is 3.55. The maximum Gasteiger partial charge on any atom is 0.155 e. The Morgan fingerprint density at radius 2 is 2.00 bits per heavy atom. The highest BCUT2D eigenvalue weighted by Gasteiger charge is 1.95. The van der Waals surface area contributed by atoms with E-state index in [9.17, 15) is 4.79 Å². The van der Waals surface area contributed by atoms with E-state index in [-0.39, 0.29) is 5.78 Å². The Hall–Kier alpha value is -1.57. The van der Waals surface area contributed by atoms with Crippen molar-refractivity contribution in [2.45, 2.75) is 32.6 Å². The Bertz CT molecular complexity index is 363. The molecule has 0 saturated heterocycles. The van der Waals surface area contributed by atoms with E-state index in [0.29, 0.717) is 6.42 Å². The molecular formula is C15H20O2. The highest BCUT2D eigenvalue weighted by Crippen LogP contribution is 2.11. The van der Waals surface area contributed by atoms with E-state index in [4.69, 9.17) is 4.74 Å². The molecule has 2 heteroatoms. The van der Waals surface area contributed by atoms with Crippen LogP contribution in [-0.4, -0.2) is 12.9 Å². The Labute approximate surface area is 103 Å². The number of carbonyl (C=O) groups is 1. The van der Waals surface area contributed by atoms with Crippen LogP contribution in [0.3, 0.4) is 0 Å². The SMILES string of the molecule is CCCCC(=O)/C=C/Cc1ccc(OC)cc1.